The highest BCUT2D eigenvalue weighted by molar-refractivity contribution is 5.82. The first-order chi connectivity index (χ1) is 9.79. The van der Waals surface area contributed by atoms with Crippen LogP contribution in [0.1, 0.15) is 17.4 Å². The van der Waals surface area contributed by atoms with E-state index in [-0.39, 0.29) is 6.04 Å². The first kappa shape index (κ1) is 12.7. The Morgan fingerprint density at radius 1 is 1.25 bits per heavy atom. The summed E-state index contributed by atoms with van der Waals surface area (Å²) in [6.45, 7) is 0. The van der Waals surface area contributed by atoms with Crippen LogP contribution in [0.25, 0.3) is 10.9 Å². The van der Waals surface area contributed by atoms with Crippen LogP contribution < -0.4 is 11.3 Å². The fourth-order valence-electron chi connectivity index (χ4n) is 2.37. The van der Waals surface area contributed by atoms with Gasteiger partial charge in [-0.15, -0.1) is 0 Å². The van der Waals surface area contributed by atoms with E-state index in [0.29, 0.717) is 6.42 Å². The van der Waals surface area contributed by atoms with Crippen molar-refractivity contribution in [1.29, 1.82) is 0 Å². The third-order valence-electron chi connectivity index (χ3n) is 3.45. The van der Waals surface area contributed by atoms with E-state index in [1.807, 2.05) is 31.3 Å². The molecule has 2 heterocycles. The molecule has 3 aromatic rings. The van der Waals surface area contributed by atoms with Crippen molar-refractivity contribution in [1.82, 2.24) is 25.2 Å². The number of hydrogen-bond acceptors (Lipinski definition) is 5. The van der Waals surface area contributed by atoms with Gasteiger partial charge in [0.15, 0.2) is 0 Å². The van der Waals surface area contributed by atoms with Gasteiger partial charge in [-0.05, 0) is 17.7 Å². The fourth-order valence-corrected chi connectivity index (χ4v) is 2.37. The van der Waals surface area contributed by atoms with E-state index in [0.717, 1.165) is 22.3 Å². The number of pyridine rings is 1. The number of aryl methyl sites for hydroxylation is 1. The minimum Gasteiger partial charge on any atom is -0.271 e. The summed E-state index contributed by atoms with van der Waals surface area (Å²) in [5.41, 5.74) is 4.94. The second kappa shape index (κ2) is 5.36. The van der Waals surface area contributed by atoms with Crippen molar-refractivity contribution in [2.45, 2.75) is 12.5 Å². The first-order valence-electron chi connectivity index (χ1n) is 6.42. The number of nitrogens with one attached hydrogen (secondary N) is 1. The Labute approximate surface area is 116 Å². The summed E-state index contributed by atoms with van der Waals surface area (Å²) in [7, 11) is 1.88. The normalized spacial score (nSPS) is 12.7. The van der Waals surface area contributed by atoms with Crippen molar-refractivity contribution in [2.24, 2.45) is 12.9 Å². The van der Waals surface area contributed by atoms with Crippen LogP contribution in [-0.2, 0) is 13.5 Å². The standard InChI is InChI=1S/C14H16N6/c1-20-14(17-9-18-20)8-13(19-15)11-6-7-16-12-5-3-2-4-10(11)12/h2-7,9,13,19H,8,15H2,1H3. The number of benzene rings is 1. The van der Waals surface area contributed by atoms with Gasteiger partial charge >= 0.3 is 0 Å². The molecule has 0 spiro atoms. The summed E-state index contributed by atoms with van der Waals surface area (Å²) < 4.78 is 1.76. The van der Waals surface area contributed by atoms with Gasteiger partial charge in [0.25, 0.3) is 0 Å². The number of aromatic nitrogens is 4. The van der Waals surface area contributed by atoms with Gasteiger partial charge in [-0.1, -0.05) is 18.2 Å². The Balaban J connectivity index is 2.01. The lowest BCUT2D eigenvalue weighted by molar-refractivity contribution is 0.526. The van der Waals surface area contributed by atoms with E-state index in [2.05, 4.69) is 26.6 Å². The predicted molar refractivity (Wildman–Crippen MR) is 76.5 cm³/mol. The van der Waals surface area contributed by atoms with Crippen molar-refractivity contribution >= 4 is 10.9 Å². The highest BCUT2D eigenvalue weighted by atomic mass is 15.3. The molecule has 0 aliphatic heterocycles. The Bertz CT molecular complexity index is 715. The van der Waals surface area contributed by atoms with E-state index in [9.17, 15) is 0 Å². The van der Waals surface area contributed by atoms with Crippen molar-refractivity contribution in [3.05, 3.63) is 54.2 Å². The van der Waals surface area contributed by atoms with Crippen molar-refractivity contribution < 1.29 is 0 Å². The van der Waals surface area contributed by atoms with E-state index < -0.39 is 0 Å². The van der Waals surface area contributed by atoms with Gasteiger partial charge in [-0.25, -0.2) is 4.98 Å². The van der Waals surface area contributed by atoms with Crippen molar-refractivity contribution in [3.63, 3.8) is 0 Å². The lowest BCUT2D eigenvalue weighted by Crippen LogP contribution is -2.30. The molecule has 0 aliphatic rings. The number of nitrogens with zero attached hydrogens (tertiary/aromatic N) is 4. The Morgan fingerprint density at radius 3 is 2.85 bits per heavy atom. The fraction of sp³-hybridized carbons (Fsp3) is 0.214. The summed E-state index contributed by atoms with van der Waals surface area (Å²) in [5.74, 6) is 6.62. The summed E-state index contributed by atoms with van der Waals surface area (Å²) >= 11 is 0. The van der Waals surface area contributed by atoms with Crippen LogP contribution in [0.3, 0.4) is 0 Å². The maximum Gasteiger partial charge on any atom is 0.138 e. The number of para-hydroxylation sites is 1. The number of rotatable bonds is 4. The maximum absolute atomic E-state index is 5.73. The molecular weight excluding hydrogens is 252 g/mol. The Morgan fingerprint density at radius 2 is 2.10 bits per heavy atom. The largest absolute Gasteiger partial charge is 0.271 e. The first-order valence-corrected chi connectivity index (χ1v) is 6.42. The minimum absolute atomic E-state index is 0.0363. The molecule has 0 fully saturated rings. The molecule has 1 unspecified atom stereocenters. The molecule has 0 radical (unpaired) electrons. The molecule has 102 valence electrons. The molecule has 1 aromatic carbocycles. The van der Waals surface area contributed by atoms with Gasteiger partial charge in [0.1, 0.15) is 12.2 Å². The van der Waals surface area contributed by atoms with E-state index in [4.69, 9.17) is 5.84 Å². The van der Waals surface area contributed by atoms with Gasteiger partial charge < -0.3 is 0 Å². The summed E-state index contributed by atoms with van der Waals surface area (Å²) in [6, 6.07) is 9.98. The molecule has 20 heavy (non-hydrogen) atoms. The number of fused-ring (bicyclic) bond motifs is 1. The third kappa shape index (κ3) is 2.26. The number of hydrazine groups is 1. The maximum atomic E-state index is 5.73. The minimum atomic E-state index is -0.0363. The van der Waals surface area contributed by atoms with Gasteiger partial charge in [0.2, 0.25) is 0 Å². The second-order valence-electron chi connectivity index (χ2n) is 4.64. The highest BCUT2D eigenvalue weighted by Crippen LogP contribution is 2.24. The van der Waals surface area contributed by atoms with Gasteiger partial charge in [0.05, 0.1) is 11.6 Å². The summed E-state index contributed by atoms with van der Waals surface area (Å²) in [5, 5.41) is 5.18. The molecule has 3 N–H and O–H groups in total. The molecule has 0 aliphatic carbocycles. The van der Waals surface area contributed by atoms with E-state index in [1.54, 1.807) is 17.2 Å². The molecule has 2 aromatic heterocycles. The van der Waals surface area contributed by atoms with Crippen LogP contribution in [0, 0.1) is 0 Å². The number of hydrogen-bond donors (Lipinski definition) is 2. The van der Waals surface area contributed by atoms with E-state index in [1.165, 1.54) is 0 Å². The lowest BCUT2D eigenvalue weighted by Gasteiger charge is -2.17. The van der Waals surface area contributed by atoms with Crippen molar-refractivity contribution in [3.8, 4) is 0 Å². The second-order valence-corrected chi connectivity index (χ2v) is 4.64. The average molecular weight is 268 g/mol. The Kier molecular flexibility index (Phi) is 3.41. The zero-order valence-electron chi connectivity index (χ0n) is 11.2. The van der Waals surface area contributed by atoms with Crippen LogP contribution in [-0.4, -0.2) is 19.7 Å². The topological polar surface area (TPSA) is 81.7 Å². The zero-order chi connectivity index (χ0) is 13.9. The van der Waals surface area contributed by atoms with Crippen LogP contribution in [0.4, 0.5) is 0 Å². The van der Waals surface area contributed by atoms with Crippen molar-refractivity contribution in [2.75, 3.05) is 0 Å². The SMILES string of the molecule is Cn1ncnc1CC(NN)c1ccnc2ccccc12. The van der Waals surface area contributed by atoms with E-state index >= 15 is 0 Å². The summed E-state index contributed by atoms with van der Waals surface area (Å²) in [6.07, 6.45) is 4.02. The van der Waals surface area contributed by atoms with Gasteiger partial charge in [-0.2, -0.15) is 5.10 Å². The molecule has 0 amide bonds. The predicted octanol–water partition coefficient (Wildman–Crippen LogP) is 1.11. The molecule has 6 nitrogen and oxygen atoms in total. The smallest absolute Gasteiger partial charge is 0.138 e. The van der Waals surface area contributed by atoms with Crippen LogP contribution >= 0.6 is 0 Å². The highest BCUT2D eigenvalue weighted by Gasteiger charge is 2.16. The average Bonchev–Trinajstić information content (AvgIpc) is 2.89. The summed E-state index contributed by atoms with van der Waals surface area (Å²) in [4.78, 5) is 8.62. The number of nitrogens with two attached hydrogens (primary N) is 1. The molecule has 1 atom stereocenters. The molecule has 0 bridgehead atoms. The van der Waals surface area contributed by atoms with Crippen LogP contribution in [0.2, 0.25) is 0 Å². The zero-order valence-corrected chi connectivity index (χ0v) is 11.2. The quantitative estimate of drug-likeness (QED) is 0.547. The molecule has 3 rings (SSSR count). The molecular formula is C14H16N6. The molecule has 0 saturated carbocycles. The van der Waals surface area contributed by atoms with Crippen LogP contribution in [0.15, 0.2) is 42.9 Å². The van der Waals surface area contributed by atoms with Gasteiger partial charge in [-0.3, -0.25) is 20.9 Å². The third-order valence-corrected chi connectivity index (χ3v) is 3.45. The van der Waals surface area contributed by atoms with Crippen LogP contribution in [0.5, 0.6) is 0 Å². The van der Waals surface area contributed by atoms with Gasteiger partial charge in [0, 0.05) is 25.1 Å². The molecule has 6 heteroatoms. The Hall–Kier alpha value is -2.31. The monoisotopic (exact) mass is 268 g/mol. The lowest BCUT2D eigenvalue weighted by atomic mass is 10.00. The molecule has 0 saturated heterocycles.